The Morgan fingerprint density at radius 2 is 1.76 bits per heavy atom. The first-order valence-electron chi connectivity index (χ1n) is 11.3. The fourth-order valence-electron chi connectivity index (χ4n) is 4.68. The minimum Gasteiger partial charge on any atom is -0.350 e. The molecule has 34 heavy (non-hydrogen) atoms. The number of aromatic nitrogens is 1. The van der Waals surface area contributed by atoms with Gasteiger partial charge in [0.25, 0.3) is 5.91 Å². The number of aryl methyl sites for hydroxylation is 1. The van der Waals surface area contributed by atoms with E-state index >= 15 is 0 Å². The van der Waals surface area contributed by atoms with Gasteiger partial charge in [-0.15, -0.1) is 0 Å². The maximum Gasteiger partial charge on any atom is 0.267 e. The molecule has 9 heteroatoms. The minimum atomic E-state index is -3.77. The van der Waals surface area contributed by atoms with E-state index in [2.05, 4.69) is 16.7 Å². The highest BCUT2D eigenvalue weighted by Gasteiger charge is 2.38. The zero-order chi connectivity index (χ0) is 23.9. The maximum absolute atomic E-state index is 13.6. The smallest absolute Gasteiger partial charge is 0.267 e. The molecule has 0 unspecified atom stereocenters. The number of fused-ring (bicyclic) bond motifs is 1. The Kier molecular flexibility index (Phi) is 6.09. The average Bonchev–Trinajstić information content (AvgIpc) is 3.30. The van der Waals surface area contributed by atoms with Gasteiger partial charge in [-0.1, -0.05) is 37.5 Å². The van der Waals surface area contributed by atoms with Crippen molar-refractivity contribution < 1.29 is 13.2 Å². The van der Waals surface area contributed by atoms with E-state index in [1.807, 2.05) is 36.4 Å². The summed E-state index contributed by atoms with van der Waals surface area (Å²) >= 11 is 1.37. The second kappa shape index (κ2) is 9.05. The fourth-order valence-corrected chi connectivity index (χ4v) is 6.24. The second-order valence-electron chi connectivity index (χ2n) is 8.72. The van der Waals surface area contributed by atoms with Gasteiger partial charge >= 0.3 is 0 Å². The van der Waals surface area contributed by atoms with Crippen LogP contribution in [0.3, 0.4) is 0 Å². The van der Waals surface area contributed by atoms with Crippen LogP contribution in [0.15, 0.2) is 69.5 Å². The Bertz CT molecular complexity index is 1420. The van der Waals surface area contributed by atoms with Crippen molar-refractivity contribution in [2.24, 2.45) is 17.2 Å². The molecule has 7 nitrogen and oxygen atoms in total. The lowest BCUT2D eigenvalue weighted by molar-refractivity contribution is -0.124. The number of rotatable bonds is 4. The van der Waals surface area contributed by atoms with Gasteiger partial charge in [-0.25, -0.2) is 18.5 Å². The third-order valence-electron chi connectivity index (χ3n) is 6.38. The summed E-state index contributed by atoms with van der Waals surface area (Å²) < 4.78 is 25.2. The Hall–Kier alpha value is -2.88. The Morgan fingerprint density at radius 3 is 2.47 bits per heavy atom. The van der Waals surface area contributed by atoms with E-state index in [-0.39, 0.29) is 16.8 Å². The molecular weight excluding hydrogens is 468 g/mol. The van der Waals surface area contributed by atoms with Crippen LogP contribution in [0.5, 0.6) is 0 Å². The van der Waals surface area contributed by atoms with Crippen molar-refractivity contribution in [3.63, 3.8) is 0 Å². The number of nitrogens with zero attached hydrogens (tertiary/aromatic N) is 3. The van der Waals surface area contributed by atoms with E-state index in [4.69, 9.17) is 10.1 Å². The first-order valence-corrected chi connectivity index (χ1v) is 13.7. The highest BCUT2D eigenvalue weighted by Crippen LogP contribution is 2.39. The Labute approximate surface area is 203 Å². The molecule has 2 aliphatic rings. The molecule has 1 aliphatic heterocycles. The first-order chi connectivity index (χ1) is 16.3. The number of benzene rings is 2. The van der Waals surface area contributed by atoms with Crippen LogP contribution >= 0.6 is 11.8 Å². The highest BCUT2D eigenvalue weighted by molar-refractivity contribution is 8.18. The zero-order valence-electron chi connectivity index (χ0n) is 18.8. The Balaban J connectivity index is 1.54. The standard InChI is InChI=1S/C25H26N4O3S2/c1-28-16-17(21-9-5-6-10-22(21)28)15-23-24(30)29(19-7-3-2-4-8-19)25(33-23)27-18-11-13-20(14-12-18)34(26,31)32/h5-6,9-16,19H,2-4,7-8H2,1H3,(H2,26,31,32)/b23-15?,27-25-. The van der Waals surface area contributed by atoms with Gasteiger partial charge in [0.2, 0.25) is 10.0 Å². The van der Waals surface area contributed by atoms with Crippen molar-refractivity contribution in [2.75, 3.05) is 0 Å². The van der Waals surface area contributed by atoms with E-state index in [1.54, 1.807) is 12.1 Å². The number of hydrogen-bond donors (Lipinski definition) is 1. The number of para-hydroxylation sites is 1. The molecule has 1 saturated heterocycles. The number of sulfonamides is 1. The van der Waals surface area contributed by atoms with E-state index in [0.717, 1.165) is 42.1 Å². The van der Waals surface area contributed by atoms with Crippen LogP contribution < -0.4 is 5.14 Å². The number of amidine groups is 1. The molecular formula is C25H26N4O3S2. The average molecular weight is 495 g/mol. The molecule has 5 rings (SSSR count). The summed E-state index contributed by atoms with van der Waals surface area (Å²) in [6.45, 7) is 0. The molecule has 1 aromatic heterocycles. The lowest BCUT2D eigenvalue weighted by Crippen LogP contribution is -2.40. The van der Waals surface area contributed by atoms with Crippen molar-refractivity contribution in [3.8, 4) is 0 Å². The number of carbonyl (C=O) groups is 1. The summed E-state index contributed by atoms with van der Waals surface area (Å²) in [6.07, 6.45) is 9.28. The lowest BCUT2D eigenvalue weighted by atomic mass is 9.94. The van der Waals surface area contributed by atoms with E-state index in [9.17, 15) is 13.2 Å². The molecule has 3 aromatic rings. The monoisotopic (exact) mass is 494 g/mol. The summed E-state index contributed by atoms with van der Waals surface area (Å²) in [5.74, 6) is -0.0234. The second-order valence-corrected chi connectivity index (χ2v) is 11.3. The number of primary sulfonamides is 1. The van der Waals surface area contributed by atoms with Crippen LogP contribution in [0.2, 0.25) is 0 Å². The molecule has 0 atom stereocenters. The van der Waals surface area contributed by atoms with Gasteiger partial charge in [-0.3, -0.25) is 9.69 Å². The van der Waals surface area contributed by atoms with Gasteiger partial charge in [0.15, 0.2) is 5.17 Å². The molecule has 1 aliphatic carbocycles. The third-order valence-corrected chi connectivity index (χ3v) is 8.29. The van der Waals surface area contributed by atoms with Crippen molar-refractivity contribution in [1.29, 1.82) is 0 Å². The summed E-state index contributed by atoms with van der Waals surface area (Å²) in [7, 11) is -1.77. The lowest BCUT2D eigenvalue weighted by Gasteiger charge is -2.30. The quantitative estimate of drug-likeness (QED) is 0.529. The van der Waals surface area contributed by atoms with Crippen molar-refractivity contribution in [1.82, 2.24) is 9.47 Å². The molecule has 2 fully saturated rings. The number of aliphatic imine (C=N–C) groups is 1. The van der Waals surface area contributed by atoms with Crippen LogP contribution in [-0.4, -0.2) is 35.0 Å². The van der Waals surface area contributed by atoms with Crippen molar-refractivity contribution >= 4 is 55.5 Å². The van der Waals surface area contributed by atoms with E-state index in [1.165, 1.54) is 30.3 Å². The van der Waals surface area contributed by atoms with Crippen LogP contribution in [0, 0.1) is 0 Å². The summed E-state index contributed by atoms with van der Waals surface area (Å²) in [6, 6.07) is 14.4. The molecule has 0 spiro atoms. The van der Waals surface area contributed by atoms with Crippen LogP contribution in [0.1, 0.15) is 37.7 Å². The molecule has 2 N–H and O–H groups in total. The molecule has 176 valence electrons. The molecule has 0 radical (unpaired) electrons. The van der Waals surface area contributed by atoms with Crippen molar-refractivity contribution in [2.45, 2.75) is 43.0 Å². The van der Waals surface area contributed by atoms with Crippen LogP contribution in [0.25, 0.3) is 17.0 Å². The van der Waals surface area contributed by atoms with Gasteiger partial charge in [0.05, 0.1) is 15.5 Å². The van der Waals surface area contributed by atoms with Crippen LogP contribution in [-0.2, 0) is 21.9 Å². The summed E-state index contributed by atoms with van der Waals surface area (Å²) in [5.41, 5.74) is 2.68. The fraction of sp³-hybridized carbons (Fsp3) is 0.280. The van der Waals surface area contributed by atoms with Crippen molar-refractivity contribution in [3.05, 3.63) is 65.2 Å². The molecule has 2 aromatic carbocycles. The Morgan fingerprint density at radius 1 is 1.06 bits per heavy atom. The maximum atomic E-state index is 13.6. The summed E-state index contributed by atoms with van der Waals surface area (Å²) in [4.78, 5) is 20.9. The molecule has 1 saturated carbocycles. The van der Waals surface area contributed by atoms with Crippen LogP contribution in [0.4, 0.5) is 5.69 Å². The van der Waals surface area contributed by atoms with Gasteiger partial charge < -0.3 is 4.57 Å². The molecule has 0 bridgehead atoms. The number of amides is 1. The predicted octanol–water partition coefficient (Wildman–Crippen LogP) is 4.76. The molecule has 1 amide bonds. The van der Waals surface area contributed by atoms with Gasteiger partial charge in [-0.05, 0) is 61.0 Å². The van der Waals surface area contributed by atoms with Gasteiger partial charge in [0, 0.05) is 35.8 Å². The SMILES string of the molecule is Cn1cc(C=C2S/C(=N\c3ccc(S(N)(=O)=O)cc3)N(C3CCCCC3)C2=O)c2ccccc21. The predicted molar refractivity (Wildman–Crippen MR) is 137 cm³/mol. The first kappa shape index (κ1) is 22.9. The highest BCUT2D eigenvalue weighted by atomic mass is 32.2. The number of thioether (sulfide) groups is 1. The number of carbonyl (C=O) groups excluding carboxylic acids is 1. The number of nitrogens with two attached hydrogens (primary N) is 1. The van der Waals surface area contributed by atoms with E-state index in [0.29, 0.717) is 15.8 Å². The number of hydrogen-bond acceptors (Lipinski definition) is 5. The topological polar surface area (TPSA) is 97.8 Å². The normalized spacial score (nSPS) is 20.2. The zero-order valence-corrected chi connectivity index (χ0v) is 20.5. The largest absolute Gasteiger partial charge is 0.350 e. The summed E-state index contributed by atoms with van der Waals surface area (Å²) in [5, 5.41) is 6.94. The minimum absolute atomic E-state index is 0.0234. The van der Waals surface area contributed by atoms with E-state index < -0.39 is 10.0 Å². The van der Waals surface area contributed by atoms with Gasteiger partial charge in [-0.2, -0.15) is 0 Å². The molecule has 2 heterocycles. The van der Waals surface area contributed by atoms with Gasteiger partial charge in [0.1, 0.15) is 0 Å². The third kappa shape index (κ3) is 4.43.